The molecule has 1 aromatic heterocycles. The van der Waals surface area contributed by atoms with Crippen LogP contribution in [0.1, 0.15) is 16.7 Å². The van der Waals surface area contributed by atoms with Gasteiger partial charge in [0.2, 0.25) is 0 Å². The van der Waals surface area contributed by atoms with Crippen LogP contribution in [0.15, 0.2) is 12.1 Å². The van der Waals surface area contributed by atoms with Crippen molar-refractivity contribution in [2.75, 3.05) is 7.11 Å². The van der Waals surface area contributed by atoms with Crippen LogP contribution in [0.4, 0.5) is 0 Å². The standard InChI is InChI=1S/C11H17NO3S/c1-7-4-5-9(16-7)6-12-10(8(2)13)11(14)15-3/h4-5,8,10,12-13H,6H2,1-3H3. The molecule has 0 aliphatic carbocycles. The summed E-state index contributed by atoms with van der Waals surface area (Å²) in [4.78, 5) is 13.7. The first-order valence-electron chi connectivity index (χ1n) is 5.09. The van der Waals surface area contributed by atoms with E-state index >= 15 is 0 Å². The van der Waals surface area contributed by atoms with Gasteiger partial charge in [-0.1, -0.05) is 0 Å². The van der Waals surface area contributed by atoms with Crippen molar-refractivity contribution in [3.05, 3.63) is 21.9 Å². The Kier molecular flexibility index (Phi) is 4.92. The van der Waals surface area contributed by atoms with E-state index in [1.54, 1.807) is 18.3 Å². The van der Waals surface area contributed by atoms with E-state index in [4.69, 9.17) is 0 Å². The lowest BCUT2D eigenvalue weighted by Crippen LogP contribution is -2.44. The Bertz CT molecular complexity index is 349. The van der Waals surface area contributed by atoms with Crippen molar-refractivity contribution < 1.29 is 14.6 Å². The summed E-state index contributed by atoms with van der Waals surface area (Å²) in [6.45, 7) is 4.15. The first-order valence-corrected chi connectivity index (χ1v) is 5.91. The second kappa shape index (κ2) is 5.98. The van der Waals surface area contributed by atoms with E-state index in [0.29, 0.717) is 6.54 Å². The summed E-state index contributed by atoms with van der Waals surface area (Å²) in [5, 5.41) is 12.4. The Morgan fingerprint density at radius 1 is 1.62 bits per heavy atom. The fourth-order valence-corrected chi connectivity index (χ4v) is 2.21. The molecule has 0 fully saturated rings. The van der Waals surface area contributed by atoms with Crippen molar-refractivity contribution in [3.63, 3.8) is 0 Å². The smallest absolute Gasteiger partial charge is 0.325 e. The zero-order valence-electron chi connectivity index (χ0n) is 9.69. The van der Waals surface area contributed by atoms with Gasteiger partial charge in [-0.25, -0.2) is 0 Å². The summed E-state index contributed by atoms with van der Waals surface area (Å²) in [7, 11) is 1.31. The van der Waals surface area contributed by atoms with Crippen LogP contribution in [0.25, 0.3) is 0 Å². The van der Waals surface area contributed by atoms with E-state index in [1.165, 1.54) is 12.0 Å². The highest BCUT2D eigenvalue weighted by atomic mass is 32.1. The average molecular weight is 243 g/mol. The number of aryl methyl sites for hydroxylation is 1. The lowest BCUT2D eigenvalue weighted by atomic mass is 10.2. The van der Waals surface area contributed by atoms with E-state index in [-0.39, 0.29) is 0 Å². The van der Waals surface area contributed by atoms with Gasteiger partial charge in [-0.3, -0.25) is 10.1 Å². The van der Waals surface area contributed by atoms with Crippen molar-refractivity contribution in [1.29, 1.82) is 0 Å². The highest BCUT2D eigenvalue weighted by Crippen LogP contribution is 2.14. The van der Waals surface area contributed by atoms with Gasteiger partial charge in [0.1, 0.15) is 6.04 Å². The number of thiophene rings is 1. The number of aliphatic hydroxyl groups is 1. The number of methoxy groups -OCH3 is 1. The molecule has 0 aromatic carbocycles. The molecule has 16 heavy (non-hydrogen) atoms. The largest absolute Gasteiger partial charge is 0.468 e. The molecule has 1 heterocycles. The fraction of sp³-hybridized carbons (Fsp3) is 0.545. The topological polar surface area (TPSA) is 58.6 Å². The summed E-state index contributed by atoms with van der Waals surface area (Å²) < 4.78 is 4.61. The second-order valence-corrected chi connectivity index (χ2v) is 5.01. The molecule has 0 radical (unpaired) electrons. The molecule has 0 aliphatic rings. The highest BCUT2D eigenvalue weighted by Gasteiger charge is 2.23. The quantitative estimate of drug-likeness (QED) is 0.759. The molecule has 0 aliphatic heterocycles. The van der Waals surface area contributed by atoms with Crippen LogP contribution in [0.5, 0.6) is 0 Å². The average Bonchev–Trinajstić information content (AvgIpc) is 2.63. The maximum atomic E-state index is 11.3. The molecule has 5 heteroatoms. The normalized spacial score (nSPS) is 14.5. The van der Waals surface area contributed by atoms with Crippen molar-refractivity contribution >= 4 is 17.3 Å². The van der Waals surface area contributed by atoms with Crippen molar-refractivity contribution in [1.82, 2.24) is 5.32 Å². The Morgan fingerprint density at radius 3 is 2.75 bits per heavy atom. The molecule has 0 amide bonds. The summed E-state index contributed by atoms with van der Waals surface area (Å²) in [5.41, 5.74) is 0. The van der Waals surface area contributed by atoms with Crippen LogP contribution >= 0.6 is 11.3 Å². The summed E-state index contributed by atoms with van der Waals surface area (Å²) >= 11 is 1.66. The molecule has 0 saturated heterocycles. The molecule has 90 valence electrons. The van der Waals surface area contributed by atoms with Crippen LogP contribution in [0.3, 0.4) is 0 Å². The third-order valence-electron chi connectivity index (χ3n) is 2.23. The van der Waals surface area contributed by atoms with E-state index < -0.39 is 18.1 Å². The molecule has 2 N–H and O–H groups in total. The van der Waals surface area contributed by atoms with Crippen molar-refractivity contribution in [2.45, 2.75) is 32.5 Å². The van der Waals surface area contributed by atoms with Gasteiger partial charge < -0.3 is 9.84 Å². The van der Waals surface area contributed by atoms with Gasteiger partial charge in [-0.05, 0) is 26.0 Å². The van der Waals surface area contributed by atoms with E-state index in [1.807, 2.05) is 19.1 Å². The lowest BCUT2D eigenvalue weighted by Gasteiger charge is -2.18. The summed E-state index contributed by atoms with van der Waals surface area (Å²) in [6, 6.07) is 3.35. The second-order valence-electron chi connectivity index (χ2n) is 3.63. The van der Waals surface area contributed by atoms with Crippen LogP contribution in [-0.4, -0.2) is 30.3 Å². The number of hydrogen-bond acceptors (Lipinski definition) is 5. The molecule has 4 nitrogen and oxygen atoms in total. The van der Waals surface area contributed by atoms with Gasteiger partial charge in [-0.2, -0.15) is 0 Å². The highest BCUT2D eigenvalue weighted by molar-refractivity contribution is 7.11. The Balaban J connectivity index is 2.53. The molecule has 0 saturated carbocycles. The van der Waals surface area contributed by atoms with E-state index in [9.17, 15) is 9.90 Å². The van der Waals surface area contributed by atoms with Gasteiger partial charge >= 0.3 is 5.97 Å². The fourth-order valence-electron chi connectivity index (χ4n) is 1.37. The maximum absolute atomic E-state index is 11.3. The van der Waals surface area contributed by atoms with Gasteiger partial charge in [-0.15, -0.1) is 11.3 Å². The molecule has 2 atom stereocenters. The van der Waals surface area contributed by atoms with Crippen LogP contribution in [0.2, 0.25) is 0 Å². The number of nitrogens with one attached hydrogen (secondary N) is 1. The Morgan fingerprint density at radius 2 is 2.31 bits per heavy atom. The summed E-state index contributed by atoms with van der Waals surface area (Å²) in [5.74, 6) is -0.441. The molecular weight excluding hydrogens is 226 g/mol. The molecule has 0 spiro atoms. The number of ether oxygens (including phenoxy) is 1. The van der Waals surface area contributed by atoms with Crippen molar-refractivity contribution in [2.24, 2.45) is 0 Å². The first-order chi connectivity index (χ1) is 7.54. The van der Waals surface area contributed by atoms with Crippen molar-refractivity contribution in [3.8, 4) is 0 Å². The minimum Gasteiger partial charge on any atom is -0.468 e. The molecule has 2 unspecified atom stereocenters. The number of hydrogen-bond donors (Lipinski definition) is 2. The zero-order chi connectivity index (χ0) is 12.1. The third-order valence-corrected chi connectivity index (χ3v) is 3.23. The molecule has 0 bridgehead atoms. The Labute approximate surface area is 99.2 Å². The first kappa shape index (κ1) is 13.2. The number of aliphatic hydroxyl groups excluding tert-OH is 1. The minimum atomic E-state index is -0.770. The van der Waals surface area contributed by atoms with Crippen LogP contribution in [0, 0.1) is 6.92 Å². The summed E-state index contributed by atoms with van der Waals surface area (Å²) in [6.07, 6.45) is -0.770. The van der Waals surface area contributed by atoms with Gasteiger partial charge in [0.05, 0.1) is 13.2 Å². The van der Waals surface area contributed by atoms with Crippen LogP contribution < -0.4 is 5.32 Å². The zero-order valence-corrected chi connectivity index (χ0v) is 10.5. The maximum Gasteiger partial charge on any atom is 0.325 e. The molecule has 1 aromatic rings. The predicted octanol–water partition coefficient (Wildman–Crippen LogP) is 1.07. The van der Waals surface area contributed by atoms with E-state index in [2.05, 4.69) is 10.1 Å². The van der Waals surface area contributed by atoms with E-state index in [0.717, 1.165) is 4.88 Å². The molecular formula is C11H17NO3S. The monoisotopic (exact) mass is 243 g/mol. The third kappa shape index (κ3) is 3.59. The van der Waals surface area contributed by atoms with Gasteiger partial charge in [0.25, 0.3) is 0 Å². The number of rotatable bonds is 5. The van der Waals surface area contributed by atoms with Gasteiger partial charge in [0.15, 0.2) is 0 Å². The number of carbonyl (C=O) groups is 1. The number of carbonyl (C=O) groups excluding carboxylic acids is 1. The number of esters is 1. The predicted molar refractivity (Wildman–Crippen MR) is 63.4 cm³/mol. The lowest BCUT2D eigenvalue weighted by molar-refractivity contribution is -0.145. The van der Waals surface area contributed by atoms with Crippen LogP contribution in [-0.2, 0) is 16.1 Å². The minimum absolute atomic E-state index is 0.441. The molecule has 1 rings (SSSR count). The SMILES string of the molecule is COC(=O)C(NCc1ccc(C)s1)C(C)O. The Hall–Kier alpha value is -0.910. The van der Waals surface area contributed by atoms with Gasteiger partial charge in [0, 0.05) is 16.3 Å².